The Hall–Kier alpha value is -1.19. The number of carbonyl (C=O) groups is 1. The molecule has 3 heteroatoms. The van der Waals surface area contributed by atoms with Gasteiger partial charge in [-0.25, -0.2) is 0 Å². The first-order chi connectivity index (χ1) is 7.80. The summed E-state index contributed by atoms with van der Waals surface area (Å²) in [5.74, 6) is -0.257. The summed E-state index contributed by atoms with van der Waals surface area (Å²) in [7, 11) is 0. The normalized spacial score (nSPS) is 23.6. The number of rotatable bonds is 2. The van der Waals surface area contributed by atoms with Crippen molar-refractivity contribution >= 4 is 5.78 Å². The van der Waals surface area contributed by atoms with Gasteiger partial charge in [-0.2, -0.15) is 0 Å². The average molecular weight is 234 g/mol. The number of fused-ring (bicyclic) bond motifs is 1. The lowest BCUT2D eigenvalue weighted by Gasteiger charge is -2.16. The van der Waals surface area contributed by atoms with Crippen LogP contribution in [0.25, 0.3) is 0 Å². The number of ketones is 1. The van der Waals surface area contributed by atoms with E-state index >= 15 is 0 Å². The molecule has 1 aromatic rings. The molecule has 92 valence electrons. The highest BCUT2D eigenvalue weighted by atomic mass is 16.5. The second-order valence-electron chi connectivity index (χ2n) is 5.15. The van der Waals surface area contributed by atoms with Crippen LogP contribution in [0.5, 0.6) is 0 Å². The minimum absolute atomic E-state index is 0.00885. The number of ether oxygens (including phenoxy) is 1. The van der Waals surface area contributed by atoms with Crippen LogP contribution >= 0.6 is 0 Å². The third-order valence-corrected chi connectivity index (χ3v) is 3.19. The Balaban J connectivity index is 2.42. The van der Waals surface area contributed by atoms with E-state index in [1.165, 1.54) is 13.8 Å². The van der Waals surface area contributed by atoms with Gasteiger partial charge in [0, 0.05) is 5.56 Å². The van der Waals surface area contributed by atoms with Gasteiger partial charge >= 0.3 is 0 Å². The zero-order valence-corrected chi connectivity index (χ0v) is 10.7. The van der Waals surface area contributed by atoms with E-state index in [1.807, 2.05) is 26.0 Å². The van der Waals surface area contributed by atoms with Crippen LogP contribution in [0.1, 0.15) is 61.4 Å². The van der Waals surface area contributed by atoms with Gasteiger partial charge in [0.2, 0.25) is 0 Å². The highest BCUT2D eigenvalue weighted by Crippen LogP contribution is 2.39. The molecular weight excluding hydrogens is 216 g/mol. The van der Waals surface area contributed by atoms with Crippen LogP contribution in [0.4, 0.5) is 0 Å². The van der Waals surface area contributed by atoms with Gasteiger partial charge in [-0.3, -0.25) is 4.79 Å². The van der Waals surface area contributed by atoms with E-state index in [1.54, 1.807) is 6.07 Å². The van der Waals surface area contributed by atoms with E-state index < -0.39 is 5.60 Å². The van der Waals surface area contributed by atoms with Crippen LogP contribution in [0.2, 0.25) is 0 Å². The topological polar surface area (TPSA) is 46.5 Å². The molecule has 1 N–H and O–H groups in total. The summed E-state index contributed by atoms with van der Waals surface area (Å²) in [6, 6.07) is 5.52. The number of hydrogen-bond donors (Lipinski definition) is 1. The molecule has 0 aliphatic carbocycles. The van der Waals surface area contributed by atoms with Crippen LogP contribution in [-0.4, -0.2) is 16.5 Å². The van der Waals surface area contributed by atoms with Crippen molar-refractivity contribution in [3.8, 4) is 0 Å². The summed E-state index contributed by atoms with van der Waals surface area (Å²) < 4.78 is 5.68. The summed E-state index contributed by atoms with van der Waals surface area (Å²) in [6.07, 6.45) is 0.0841. The third kappa shape index (κ3) is 2.13. The quantitative estimate of drug-likeness (QED) is 0.800. The lowest BCUT2D eigenvalue weighted by Crippen LogP contribution is -2.31. The van der Waals surface area contributed by atoms with Gasteiger partial charge in [0.05, 0.1) is 12.2 Å². The van der Waals surface area contributed by atoms with E-state index in [2.05, 4.69) is 0 Å². The minimum Gasteiger partial charge on any atom is -0.382 e. The second-order valence-corrected chi connectivity index (χ2v) is 5.15. The number of hydrogen-bond acceptors (Lipinski definition) is 3. The predicted molar refractivity (Wildman–Crippen MR) is 65.0 cm³/mol. The van der Waals surface area contributed by atoms with Gasteiger partial charge in [0.15, 0.2) is 5.78 Å². The molecule has 2 atom stereocenters. The summed E-state index contributed by atoms with van der Waals surface area (Å²) in [6.45, 7) is 6.98. The Bertz CT molecular complexity index is 457. The molecule has 2 unspecified atom stereocenters. The summed E-state index contributed by atoms with van der Waals surface area (Å²) >= 11 is 0. The van der Waals surface area contributed by atoms with Crippen molar-refractivity contribution < 1.29 is 14.6 Å². The highest BCUT2D eigenvalue weighted by molar-refractivity contribution is 6.02. The van der Waals surface area contributed by atoms with Crippen molar-refractivity contribution in [2.75, 3.05) is 0 Å². The minimum atomic E-state index is -1.33. The number of benzene rings is 1. The smallest absolute Gasteiger partial charge is 0.193 e. The molecule has 1 heterocycles. The van der Waals surface area contributed by atoms with Crippen LogP contribution in [-0.2, 0) is 4.74 Å². The first-order valence-corrected chi connectivity index (χ1v) is 5.87. The van der Waals surface area contributed by atoms with Gasteiger partial charge in [-0.1, -0.05) is 12.1 Å². The second kappa shape index (κ2) is 3.93. The molecule has 0 radical (unpaired) electrons. The maximum absolute atomic E-state index is 12.0. The molecule has 1 aliphatic rings. The van der Waals surface area contributed by atoms with Crippen molar-refractivity contribution in [3.63, 3.8) is 0 Å². The number of Topliss-reactive ketones (excluding diaryl/α,β-unsaturated/α-hetero) is 1. The maximum Gasteiger partial charge on any atom is 0.193 e. The van der Waals surface area contributed by atoms with Crippen molar-refractivity contribution in [2.45, 2.75) is 45.5 Å². The first-order valence-electron chi connectivity index (χ1n) is 5.87. The Kier molecular flexibility index (Phi) is 2.84. The Morgan fingerprint density at radius 3 is 2.41 bits per heavy atom. The zero-order valence-electron chi connectivity index (χ0n) is 10.7. The summed E-state index contributed by atoms with van der Waals surface area (Å²) in [5.41, 5.74) is 1.39. The zero-order chi connectivity index (χ0) is 12.8. The fraction of sp³-hybridized carbons (Fsp3) is 0.500. The molecule has 0 spiro atoms. The Morgan fingerprint density at radius 2 is 1.82 bits per heavy atom. The first kappa shape index (κ1) is 12.3. The van der Waals surface area contributed by atoms with Crippen LogP contribution in [0.3, 0.4) is 0 Å². The molecule has 3 nitrogen and oxygen atoms in total. The largest absolute Gasteiger partial charge is 0.382 e. The van der Waals surface area contributed by atoms with E-state index in [0.717, 1.165) is 11.1 Å². The fourth-order valence-corrected chi connectivity index (χ4v) is 2.24. The Labute approximate surface area is 101 Å². The van der Waals surface area contributed by atoms with E-state index in [9.17, 15) is 9.90 Å². The van der Waals surface area contributed by atoms with Gasteiger partial charge < -0.3 is 9.84 Å². The summed E-state index contributed by atoms with van der Waals surface area (Å²) in [5, 5.41) is 9.73. The highest BCUT2D eigenvalue weighted by Gasteiger charge is 2.30. The SMILES string of the molecule is CC1OC(C)c2cc(C(=O)C(C)(C)O)ccc21. The summed E-state index contributed by atoms with van der Waals surface area (Å²) in [4.78, 5) is 12.0. The van der Waals surface area contributed by atoms with E-state index in [4.69, 9.17) is 4.74 Å². The van der Waals surface area contributed by atoms with Gasteiger partial charge in [0.1, 0.15) is 5.60 Å². The molecule has 2 rings (SSSR count). The van der Waals surface area contributed by atoms with Crippen LogP contribution in [0, 0.1) is 0 Å². The monoisotopic (exact) mass is 234 g/mol. The average Bonchev–Trinajstić information content (AvgIpc) is 2.52. The van der Waals surface area contributed by atoms with Crippen molar-refractivity contribution in [1.29, 1.82) is 0 Å². The molecule has 0 saturated carbocycles. The van der Waals surface area contributed by atoms with E-state index in [0.29, 0.717) is 5.56 Å². The van der Waals surface area contributed by atoms with Gasteiger partial charge in [-0.15, -0.1) is 0 Å². The molecule has 0 bridgehead atoms. The van der Waals surface area contributed by atoms with E-state index in [-0.39, 0.29) is 18.0 Å². The van der Waals surface area contributed by atoms with Crippen molar-refractivity contribution in [3.05, 3.63) is 34.9 Å². The van der Waals surface area contributed by atoms with Gasteiger partial charge in [0.25, 0.3) is 0 Å². The molecule has 17 heavy (non-hydrogen) atoms. The van der Waals surface area contributed by atoms with Crippen LogP contribution in [0.15, 0.2) is 18.2 Å². The molecule has 0 amide bonds. The molecule has 0 fully saturated rings. The van der Waals surface area contributed by atoms with Crippen molar-refractivity contribution in [2.24, 2.45) is 0 Å². The lowest BCUT2D eigenvalue weighted by molar-refractivity contribution is 0.0332. The van der Waals surface area contributed by atoms with Gasteiger partial charge in [-0.05, 0) is 44.9 Å². The fourth-order valence-electron chi connectivity index (χ4n) is 2.24. The van der Waals surface area contributed by atoms with Crippen LogP contribution < -0.4 is 0 Å². The molecular formula is C14H18O3. The molecule has 1 aliphatic heterocycles. The Morgan fingerprint density at radius 1 is 1.24 bits per heavy atom. The van der Waals surface area contributed by atoms with Crippen molar-refractivity contribution in [1.82, 2.24) is 0 Å². The standard InChI is InChI=1S/C14H18O3/c1-8-11-6-5-10(13(15)14(3,4)16)7-12(11)9(2)17-8/h5-9,16H,1-4H3. The lowest BCUT2D eigenvalue weighted by atomic mass is 9.92. The molecule has 1 aromatic carbocycles. The number of aliphatic hydroxyl groups is 1. The molecule has 0 aromatic heterocycles. The molecule has 0 saturated heterocycles. The maximum atomic E-state index is 12.0. The third-order valence-electron chi connectivity index (χ3n) is 3.19. The number of carbonyl (C=O) groups excluding carboxylic acids is 1. The predicted octanol–water partition coefficient (Wildman–Crippen LogP) is 2.79.